The summed E-state index contributed by atoms with van der Waals surface area (Å²) in [5.74, 6) is 1.11. The van der Waals surface area contributed by atoms with E-state index < -0.39 is 0 Å². The fourth-order valence-electron chi connectivity index (χ4n) is 1.65. The lowest BCUT2D eigenvalue weighted by Gasteiger charge is -2.11. The number of benzene rings is 1. The number of hydrogen-bond donors (Lipinski definition) is 1. The van der Waals surface area contributed by atoms with E-state index in [4.69, 9.17) is 10.5 Å². The third-order valence-electron chi connectivity index (χ3n) is 2.75. The van der Waals surface area contributed by atoms with Crippen LogP contribution in [0.4, 0.5) is 0 Å². The summed E-state index contributed by atoms with van der Waals surface area (Å²) < 4.78 is 5.70. The highest BCUT2D eigenvalue weighted by atomic mass is 16.5. The smallest absolute Gasteiger partial charge is 0.272 e. The predicted molar refractivity (Wildman–Crippen MR) is 76.7 cm³/mol. The van der Waals surface area contributed by atoms with E-state index in [-0.39, 0.29) is 5.91 Å². The summed E-state index contributed by atoms with van der Waals surface area (Å²) >= 11 is 0. The van der Waals surface area contributed by atoms with Crippen molar-refractivity contribution < 1.29 is 9.53 Å². The van der Waals surface area contributed by atoms with Gasteiger partial charge in [0.1, 0.15) is 17.2 Å². The summed E-state index contributed by atoms with van der Waals surface area (Å²) in [6.07, 6.45) is 1.56. The largest absolute Gasteiger partial charge is 0.457 e. The summed E-state index contributed by atoms with van der Waals surface area (Å²) in [4.78, 5) is 17.3. The Morgan fingerprint density at radius 3 is 2.50 bits per heavy atom. The summed E-state index contributed by atoms with van der Waals surface area (Å²) in [6, 6.07) is 10.8. The lowest BCUT2D eigenvalue weighted by Crippen LogP contribution is -2.22. The first-order chi connectivity index (χ1) is 9.60. The zero-order valence-corrected chi connectivity index (χ0v) is 11.5. The number of ether oxygens (including phenoxy) is 1. The molecule has 0 aliphatic rings. The van der Waals surface area contributed by atoms with Gasteiger partial charge in [-0.1, -0.05) is 12.1 Å². The van der Waals surface area contributed by atoms with Crippen LogP contribution in [0, 0.1) is 0 Å². The van der Waals surface area contributed by atoms with Crippen molar-refractivity contribution >= 4 is 5.91 Å². The molecule has 0 radical (unpaired) electrons. The maximum atomic E-state index is 11.8. The van der Waals surface area contributed by atoms with Crippen molar-refractivity contribution in [1.82, 2.24) is 9.88 Å². The van der Waals surface area contributed by atoms with Gasteiger partial charge in [0.25, 0.3) is 5.91 Å². The molecule has 0 saturated heterocycles. The van der Waals surface area contributed by atoms with Crippen LogP contribution in [-0.4, -0.2) is 29.9 Å². The van der Waals surface area contributed by atoms with Crippen molar-refractivity contribution in [2.24, 2.45) is 5.73 Å². The molecule has 0 bridgehead atoms. The number of nitrogens with zero attached hydrogens (tertiary/aromatic N) is 2. The molecule has 2 rings (SSSR count). The van der Waals surface area contributed by atoms with E-state index in [9.17, 15) is 4.79 Å². The summed E-state index contributed by atoms with van der Waals surface area (Å²) in [5.41, 5.74) is 6.93. The van der Waals surface area contributed by atoms with Crippen LogP contribution in [0.1, 0.15) is 16.1 Å². The van der Waals surface area contributed by atoms with Gasteiger partial charge >= 0.3 is 0 Å². The minimum absolute atomic E-state index is 0.158. The fourth-order valence-corrected chi connectivity index (χ4v) is 1.65. The van der Waals surface area contributed by atoms with Gasteiger partial charge in [0.05, 0.1) is 0 Å². The zero-order valence-electron chi connectivity index (χ0n) is 11.5. The minimum atomic E-state index is -0.158. The highest BCUT2D eigenvalue weighted by Crippen LogP contribution is 2.22. The molecule has 1 heterocycles. The Hall–Kier alpha value is -2.40. The van der Waals surface area contributed by atoms with Gasteiger partial charge in [-0.2, -0.15) is 0 Å². The Bertz CT molecular complexity index is 594. The molecule has 0 atom stereocenters. The Kier molecular flexibility index (Phi) is 4.32. The van der Waals surface area contributed by atoms with Crippen LogP contribution in [0.3, 0.4) is 0 Å². The molecular weight excluding hydrogens is 254 g/mol. The Morgan fingerprint density at radius 2 is 1.90 bits per heavy atom. The second kappa shape index (κ2) is 6.16. The number of pyridine rings is 1. The molecule has 1 aromatic carbocycles. The molecule has 2 N–H and O–H groups in total. The number of nitrogens with two attached hydrogens (primary N) is 1. The van der Waals surface area contributed by atoms with Crippen LogP contribution in [0.25, 0.3) is 0 Å². The zero-order chi connectivity index (χ0) is 14.5. The van der Waals surface area contributed by atoms with Gasteiger partial charge in [0.2, 0.25) is 0 Å². The van der Waals surface area contributed by atoms with Crippen molar-refractivity contribution in [2.45, 2.75) is 6.54 Å². The first-order valence-electron chi connectivity index (χ1n) is 6.24. The summed E-state index contributed by atoms with van der Waals surface area (Å²) in [5, 5.41) is 0. The molecular formula is C15H17N3O2. The molecule has 5 nitrogen and oxygen atoms in total. The first-order valence-corrected chi connectivity index (χ1v) is 6.24. The number of aromatic nitrogens is 1. The average Bonchev–Trinajstić information content (AvgIpc) is 2.47. The normalized spacial score (nSPS) is 10.2. The van der Waals surface area contributed by atoms with E-state index in [0.717, 1.165) is 5.56 Å². The van der Waals surface area contributed by atoms with Gasteiger partial charge in [-0.25, -0.2) is 0 Å². The SMILES string of the molecule is CN(C)C(=O)c1cc(Oc2ccc(CN)cc2)ccn1. The Labute approximate surface area is 118 Å². The number of carbonyl (C=O) groups excluding carboxylic acids is 1. The lowest BCUT2D eigenvalue weighted by molar-refractivity contribution is 0.0821. The molecule has 20 heavy (non-hydrogen) atoms. The molecule has 0 spiro atoms. The lowest BCUT2D eigenvalue weighted by atomic mass is 10.2. The van der Waals surface area contributed by atoms with Crippen LogP contribution in [0.15, 0.2) is 42.6 Å². The fraction of sp³-hybridized carbons (Fsp3) is 0.200. The standard InChI is InChI=1S/C15H17N3O2/c1-18(2)15(19)14-9-13(7-8-17-14)20-12-5-3-11(10-16)4-6-12/h3-9H,10,16H2,1-2H3. The van der Waals surface area contributed by atoms with Crippen LogP contribution in [-0.2, 0) is 6.54 Å². The summed E-state index contributed by atoms with van der Waals surface area (Å²) in [6.45, 7) is 0.497. The maximum absolute atomic E-state index is 11.8. The van der Waals surface area contributed by atoms with E-state index >= 15 is 0 Å². The molecule has 5 heteroatoms. The van der Waals surface area contributed by atoms with Crippen LogP contribution in [0.5, 0.6) is 11.5 Å². The second-order valence-corrected chi connectivity index (χ2v) is 4.53. The number of amides is 1. The minimum Gasteiger partial charge on any atom is -0.457 e. The van der Waals surface area contributed by atoms with Gasteiger partial charge in [-0.3, -0.25) is 9.78 Å². The van der Waals surface area contributed by atoms with E-state index in [0.29, 0.717) is 23.7 Å². The summed E-state index contributed by atoms with van der Waals surface area (Å²) in [7, 11) is 3.37. The molecule has 0 aliphatic heterocycles. The monoisotopic (exact) mass is 271 g/mol. The van der Waals surface area contributed by atoms with E-state index in [2.05, 4.69) is 4.98 Å². The molecule has 1 amide bonds. The molecule has 1 aromatic heterocycles. The van der Waals surface area contributed by atoms with E-state index in [1.54, 1.807) is 32.4 Å². The first kappa shape index (κ1) is 14.0. The van der Waals surface area contributed by atoms with Gasteiger partial charge in [-0.05, 0) is 23.8 Å². The van der Waals surface area contributed by atoms with Crippen LogP contribution in [0.2, 0.25) is 0 Å². The van der Waals surface area contributed by atoms with E-state index in [1.807, 2.05) is 24.3 Å². The Balaban J connectivity index is 2.16. The highest BCUT2D eigenvalue weighted by Gasteiger charge is 2.10. The van der Waals surface area contributed by atoms with Crippen molar-refractivity contribution in [2.75, 3.05) is 14.1 Å². The number of hydrogen-bond acceptors (Lipinski definition) is 4. The molecule has 0 unspecified atom stereocenters. The second-order valence-electron chi connectivity index (χ2n) is 4.53. The third-order valence-corrected chi connectivity index (χ3v) is 2.75. The van der Waals surface area contributed by atoms with Gasteiger partial charge in [0, 0.05) is 32.9 Å². The predicted octanol–water partition coefficient (Wildman–Crippen LogP) is 2.03. The molecule has 0 aliphatic carbocycles. The average molecular weight is 271 g/mol. The van der Waals surface area contributed by atoms with Gasteiger partial charge < -0.3 is 15.4 Å². The van der Waals surface area contributed by atoms with Gasteiger partial charge in [-0.15, -0.1) is 0 Å². The van der Waals surface area contributed by atoms with Crippen LogP contribution >= 0.6 is 0 Å². The topological polar surface area (TPSA) is 68.5 Å². The molecule has 2 aromatic rings. The molecule has 0 fully saturated rings. The van der Waals surface area contributed by atoms with Gasteiger partial charge in [0.15, 0.2) is 0 Å². The number of rotatable bonds is 4. The van der Waals surface area contributed by atoms with Crippen molar-refractivity contribution in [3.8, 4) is 11.5 Å². The Morgan fingerprint density at radius 1 is 1.20 bits per heavy atom. The maximum Gasteiger partial charge on any atom is 0.272 e. The van der Waals surface area contributed by atoms with E-state index in [1.165, 1.54) is 4.90 Å². The van der Waals surface area contributed by atoms with Crippen LogP contribution < -0.4 is 10.5 Å². The highest BCUT2D eigenvalue weighted by molar-refractivity contribution is 5.92. The van der Waals surface area contributed by atoms with Crippen molar-refractivity contribution in [3.63, 3.8) is 0 Å². The third kappa shape index (κ3) is 3.33. The van der Waals surface area contributed by atoms with Crippen molar-refractivity contribution in [3.05, 3.63) is 53.9 Å². The quantitative estimate of drug-likeness (QED) is 0.924. The molecule has 0 saturated carbocycles. The number of carbonyl (C=O) groups is 1. The molecule has 104 valence electrons. The van der Waals surface area contributed by atoms with Crippen molar-refractivity contribution in [1.29, 1.82) is 0 Å².